The molecular weight excluding hydrogens is 367 g/mol. The molecule has 0 aliphatic rings. The second-order valence-corrected chi connectivity index (χ2v) is 5.88. The van der Waals surface area contributed by atoms with Crippen LogP contribution in [0.4, 0.5) is 36.3 Å². The molecule has 0 amide bonds. The van der Waals surface area contributed by atoms with Crippen LogP contribution in [0.2, 0.25) is 5.02 Å². The van der Waals surface area contributed by atoms with Gasteiger partial charge in [0.25, 0.3) is 0 Å². The van der Waals surface area contributed by atoms with Crippen LogP contribution in [0, 0.1) is 6.92 Å². The molecule has 0 unspecified atom stereocenters. The van der Waals surface area contributed by atoms with Gasteiger partial charge >= 0.3 is 6.18 Å². The summed E-state index contributed by atoms with van der Waals surface area (Å²) < 4.78 is 38.8. The number of anilines is 4. The fourth-order valence-electron chi connectivity index (χ4n) is 2.15. The van der Waals surface area contributed by atoms with Crippen molar-refractivity contribution in [1.29, 1.82) is 0 Å². The molecule has 0 aliphatic heterocycles. The number of halogens is 4. The first kappa shape index (κ1) is 17.9. The third-order valence-electron chi connectivity index (χ3n) is 3.41. The van der Waals surface area contributed by atoms with E-state index in [1.807, 2.05) is 31.2 Å². The summed E-state index contributed by atoms with van der Waals surface area (Å²) >= 11 is 5.61. The number of hydrogen-bond acceptors (Lipinski definition) is 5. The Hall–Kier alpha value is -2.87. The van der Waals surface area contributed by atoms with Crippen molar-refractivity contribution in [3.05, 3.63) is 64.8 Å². The van der Waals surface area contributed by atoms with Crippen LogP contribution in [-0.4, -0.2) is 15.2 Å². The summed E-state index contributed by atoms with van der Waals surface area (Å²) in [5, 5.41) is 12.9. The maximum atomic E-state index is 12.9. The SMILES string of the molecule is Cc1ccc(Nc2cnnc(Nc3ccc(Cl)c(C(F)(F)F)c3)n2)cc1. The molecular formula is C17H13ClF3N5. The van der Waals surface area contributed by atoms with Gasteiger partial charge in [-0.2, -0.15) is 23.3 Å². The van der Waals surface area contributed by atoms with Crippen LogP contribution in [0.3, 0.4) is 0 Å². The van der Waals surface area contributed by atoms with Crippen molar-refractivity contribution in [2.24, 2.45) is 0 Å². The molecule has 0 spiro atoms. The lowest BCUT2D eigenvalue weighted by Crippen LogP contribution is -2.07. The van der Waals surface area contributed by atoms with E-state index in [1.165, 1.54) is 12.3 Å². The Morgan fingerprint density at radius 1 is 0.962 bits per heavy atom. The molecule has 9 heteroatoms. The fraction of sp³-hybridized carbons (Fsp3) is 0.118. The largest absolute Gasteiger partial charge is 0.417 e. The van der Waals surface area contributed by atoms with Crippen LogP contribution in [-0.2, 0) is 6.18 Å². The van der Waals surface area contributed by atoms with E-state index in [0.717, 1.165) is 23.4 Å². The van der Waals surface area contributed by atoms with E-state index in [9.17, 15) is 13.2 Å². The van der Waals surface area contributed by atoms with E-state index in [2.05, 4.69) is 25.8 Å². The van der Waals surface area contributed by atoms with Crippen molar-refractivity contribution in [3.63, 3.8) is 0 Å². The second-order valence-electron chi connectivity index (χ2n) is 5.47. The van der Waals surface area contributed by atoms with Gasteiger partial charge in [0.05, 0.1) is 16.8 Å². The Labute approximate surface area is 152 Å². The first-order valence-corrected chi connectivity index (χ1v) is 7.86. The third kappa shape index (κ3) is 4.40. The molecule has 134 valence electrons. The van der Waals surface area contributed by atoms with Gasteiger partial charge in [-0.1, -0.05) is 29.3 Å². The average Bonchev–Trinajstić information content (AvgIpc) is 2.58. The Morgan fingerprint density at radius 3 is 2.35 bits per heavy atom. The van der Waals surface area contributed by atoms with E-state index in [4.69, 9.17) is 11.6 Å². The lowest BCUT2D eigenvalue weighted by atomic mass is 10.2. The molecule has 5 nitrogen and oxygen atoms in total. The van der Waals surface area contributed by atoms with Crippen LogP contribution in [0.1, 0.15) is 11.1 Å². The van der Waals surface area contributed by atoms with E-state index < -0.39 is 11.7 Å². The molecule has 0 bridgehead atoms. The van der Waals surface area contributed by atoms with Gasteiger partial charge in [0.2, 0.25) is 5.95 Å². The summed E-state index contributed by atoms with van der Waals surface area (Å²) in [6.07, 6.45) is -3.14. The molecule has 26 heavy (non-hydrogen) atoms. The van der Waals surface area contributed by atoms with E-state index in [1.54, 1.807) is 0 Å². The second kappa shape index (κ2) is 7.17. The minimum Gasteiger partial charge on any atom is -0.339 e. The zero-order valence-electron chi connectivity index (χ0n) is 13.5. The van der Waals surface area contributed by atoms with Crippen molar-refractivity contribution in [2.75, 3.05) is 10.6 Å². The summed E-state index contributed by atoms with van der Waals surface area (Å²) in [5.41, 5.74) is 1.12. The molecule has 1 heterocycles. The van der Waals surface area contributed by atoms with Crippen molar-refractivity contribution in [1.82, 2.24) is 15.2 Å². The molecule has 2 aromatic carbocycles. The summed E-state index contributed by atoms with van der Waals surface area (Å²) in [6.45, 7) is 1.97. The van der Waals surface area contributed by atoms with Gasteiger partial charge in [0, 0.05) is 11.4 Å². The maximum Gasteiger partial charge on any atom is 0.417 e. The number of benzene rings is 2. The van der Waals surface area contributed by atoms with Gasteiger partial charge in [-0.3, -0.25) is 0 Å². The van der Waals surface area contributed by atoms with Gasteiger partial charge in [-0.25, -0.2) is 0 Å². The standard InChI is InChI=1S/C17H13ClF3N5/c1-10-2-4-11(5-3-10)23-15-9-22-26-16(25-15)24-12-6-7-14(18)13(8-12)17(19,20)21/h2-9H,1H3,(H2,23,24,25,26). The van der Waals surface area contributed by atoms with Crippen LogP contribution in [0.15, 0.2) is 48.7 Å². The summed E-state index contributed by atoms with van der Waals surface area (Å²) in [6, 6.07) is 11.1. The van der Waals surface area contributed by atoms with Crippen molar-refractivity contribution in [3.8, 4) is 0 Å². The molecule has 0 atom stereocenters. The van der Waals surface area contributed by atoms with Crippen molar-refractivity contribution >= 4 is 34.7 Å². The number of rotatable bonds is 4. The quantitative estimate of drug-likeness (QED) is 0.640. The molecule has 0 aliphatic carbocycles. The Kier molecular flexibility index (Phi) is 4.94. The van der Waals surface area contributed by atoms with Crippen LogP contribution < -0.4 is 10.6 Å². The summed E-state index contributed by atoms with van der Waals surface area (Å²) in [4.78, 5) is 4.19. The molecule has 3 aromatic rings. The molecule has 1 aromatic heterocycles. The first-order chi connectivity index (χ1) is 12.3. The maximum absolute atomic E-state index is 12.9. The highest BCUT2D eigenvalue weighted by Crippen LogP contribution is 2.36. The lowest BCUT2D eigenvalue weighted by Gasteiger charge is -2.12. The minimum atomic E-state index is -4.55. The Morgan fingerprint density at radius 2 is 1.65 bits per heavy atom. The summed E-state index contributed by atoms with van der Waals surface area (Å²) in [5.74, 6) is 0.453. The number of nitrogens with zero attached hydrogens (tertiary/aromatic N) is 3. The highest BCUT2D eigenvalue weighted by atomic mass is 35.5. The smallest absolute Gasteiger partial charge is 0.339 e. The van der Waals surface area contributed by atoms with Gasteiger partial charge < -0.3 is 10.6 Å². The first-order valence-electron chi connectivity index (χ1n) is 7.48. The monoisotopic (exact) mass is 379 g/mol. The molecule has 0 radical (unpaired) electrons. The van der Waals surface area contributed by atoms with Gasteiger partial charge in [-0.05, 0) is 37.3 Å². The van der Waals surface area contributed by atoms with Crippen LogP contribution in [0.5, 0.6) is 0 Å². The molecule has 0 saturated carbocycles. The molecule has 0 fully saturated rings. The number of aromatic nitrogens is 3. The molecule has 0 saturated heterocycles. The fourth-order valence-corrected chi connectivity index (χ4v) is 2.38. The number of aryl methyl sites for hydroxylation is 1. The normalized spacial score (nSPS) is 11.3. The number of hydrogen-bond donors (Lipinski definition) is 2. The third-order valence-corrected chi connectivity index (χ3v) is 3.74. The van der Waals surface area contributed by atoms with Gasteiger partial charge in [0.1, 0.15) is 0 Å². The van der Waals surface area contributed by atoms with Crippen molar-refractivity contribution in [2.45, 2.75) is 13.1 Å². The predicted octanol–water partition coefficient (Wildman–Crippen LogP) is 5.34. The van der Waals surface area contributed by atoms with Crippen LogP contribution in [0.25, 0.3) is 0 Å². The predicted molar refractivity (Wildman–Crippen MR) is 94.0 cm³/mol. The highest BCUT2D eigenvalue weighted by Gasteiger charge is 2.33. The Bertz CT molecular complexity index is 913. The van der Waals surface area contributed by atoms with Crippen LogP contribution >= 0.6 is 11.6 Å². The minimum absolute atomic E-state index is 0.0533. The Balaban J connectivity index is 1.80. The summed E-state index contributed by atoms with van der Waals surface area (Å²) in [7, 11) is 0. The zero-order chi connectivity index (χ0) is 18.7. The van der Waals surface area contributed by atoms with E-state index >= 15 is 0 Å². The molecule has 3 rings (SSSR count). The zero-order valence-corrected chi connectivity index (χ0v) is 14.2. The molecule has 2 N–H and O–H groups in total. The number of alkyl halides is 3. The number of nitrogens with one attached hydrogen (secondary N) is 2. The van der Waals surface area contributed by atoms with Crippen molar-refractivity contribution < 1.29 is 13.2 Å². The average molecular weight is 380 g/mol. The topological polar surface area (TPSA) is 62.7 Å². The van der Waals surface area contributed by atoms with E-state index in [-0.39, 0.29) is 16.7 Å². The van der Waals surface area contributed by atoms with E-state index in [0.29, 0.717) is 5.82 Å². The highest BCUT2D eigenvalue weighted by molar-refractivity contribution is 6.31. The van der Waals surface area contributed by atoms with Gasteiger partial charge in [0.15, 0.2) is 5.82 Å². The lowest BCUT2D eigenvalue weighted by molar-refractivity contribution is -0.137. The van der Waals surface area contributed by atoms with Gasteiger partial charge in [-0.15, -0.1) is 5.10 Å².